The molecule has 0 saturated carbocycles. The van der Waals surface area contributed by atoms with Crippen LogP contribution in [-0.4, -0.2) is 42.8 Å². The van der Waals surface area contributed by atoms with Gasteiger partial charge in [0.05, 0.1) is 5.92 Å². The van der Waals surface area contributed by atoms with Gasteiger partial charge in [0.25, 0.3) is 5.91 Å². The van der Waals surface area contributed by atoms with Gasteiger partial charge < -0.3 is 15.5 Å². The lowest BCUT2D eigenvalue weighted by molar-refractivity contribution is -0.125. The average molecular weight is 317 g/mol. The van der Waals surface area contributed by atoms with Gasteiger partial charge in [0.15, 0.2) is 0 Å². The quantitative estimate of drug-likeness (QED) is 0.886. The van der Waals surface area contributed by atoms with Crippen molar-refractivity contribution in [2.45, 2.75) is 26.2 Å². The predicted octanol–water partition coefficient (Wildman–Crippen LogP) is 1.63. The van der Waals surface area contributed by atoms with Gasteiger partial charge in [-0.05, 0) is 37.1 Å². The number of rotatable bonds is 4. The predicted molar refractivity (Wildman–Crippen MR) is 88.1 cm³/mol. The summed E-state index contributed by atoms with van der Waals surface area (Å²) in [5.74, 6) is -0.290. The van der Waals surface area contributed by atoms with Crippen LogP contribution in [0.1, 0.15) is 36.5 Å². The first-order chi connectivity index (χ1) is 11.0. The molecule has 1 heterocycles. The standard InChI is InChI=1S/C17H23N3O3/c1-3-15(21)19-14-8-6-12(7-9-14)17(23)20-10-4-5-13(11-20)16(22)18-2/h6-9,13H,3-5,10-11H2,1-2H3,(H,18,22)(H,19,21). The highest BCUT2D eigenvalue weighted by atomic mass is 16.2. The molecule has 1 atom stereocenters. The third kappa shape index (κ3) is 4.31. The van der Waals surface area contributed by atoms with Crippen LogP contribution in [0.2, 0.25) is 0 Å². The van der Waals surface area contributed by atoms with Crippen molar-refractivity contribution in [3.05, 3.63) is 29.8 Å². The molecule has 0 spiro atoms. The summed E-state index contributed by atoms with van der Waals surface area (Å²) in [6.45, 7) is 2.90. The molecule has 0 bridgehead atoms. The second kappa shape index (κ2) is 7.76. The number of amides is 3. The van der Waals surface area contributed by atoms with E-state index in [1.54, 1.807) is 43.1 Å². The molecule has 124 valence electrons. The van der Waals surface area contributed by atoms with Crippen molar-refractivity contribution >= 4 is 23.4 Å². The number of hydrogen-bond donors (Lipinski definition) is 2. The molecule has 1 aliphatic rings. The van der Waals surface area contributed by atoms with E-state index in [0.717, 1.165) is 12.8 Å². The topological polar surface area (TPSA) is 78.5 Å². The number of benzene rings is 1. The molecule has 2 rings (SSSR count). The molecule has 1 aromatic rings. The summed E-state index contributed by atoms with van der Waals surface area (Å²) in [6, 6.07) is 6.86. The lowest BCUT2D eigenvalue weighted by Gasteiger charge is -2.31. The maximum atomic E-state index is 12.6. The van der Waals surface area contributed by atoms with Gasteiger partial charge in [0.1, 0.15) is 0 Å². The van der Waals surface area contributed by atoms with Crippen LogP contribution in [0, 0.1) is 5.92 Å². The highest BCUT2D eigenvalue weighted by molar-refractivity contribution is 5.96. The van der Waals surface area contributed by atoms with E-state index in [1.165, 1.54) is 0 Å². The maximum Gasteiger partial charge on any atom is 0.253 e. The Kier molecular flexibility index (Phi) is 5.73. The van der Waals surface area contributed by atoms with Crippen LogP contribution < -0.4 is 10.6 Å². The molecule has 1 unspecified atom stereocenters. The molecule has 1 aliphatic heterocycles. The van der Waals surface area contributed by atoms with E-state index >= 15 is 0 Å². The lowest BCUT2D eigenvalue weighted by atomic mass is 9.96. The third-order valence-electron chi connectivity index (χ3n) is 4.06. The summed E-state index contributed by atoms with van der Waals surface area (Å²) in [6.07, 6.45) is 2.05. The van der Waals surface area contributed by atoms with Crippen molar-refractivity contribution in [3.63, 3.8) is 0 Å². The van der Waals surface area contributed by atoms with E-state index in [2.05, 4.69) is 10.6 Å². The molecular weight excluding hydrogens is 294 g/mol. The summed E-state index contributed by atoms with van der Waals surface area (Å²) in [4.78, 5) is 37.4. The number of likely N-dealkylation sites (tertiary alicyclic amines) is 1. The fourth-order valence-corrected chi connectivity index (χ4v) is 2.71. The number of nitrogens with one attached hydrogen (secondary N) is 2. The van der Waals surface area contributed by atoms with Gasteiger partial charge in [0, 0.05) is 37.8 Å². The van der Waals surface area contributed by atoms with Crippen LogP contribution >= 0.6 is 0 Å². The number of carbonyl (C=O) groups excluding carboxylic acids is 3. The number of piperidine rings is 1. The minimum atomic E-state index is -0.138. The molecule has 23 heavy (non-hydrogen) atoms. The highest BCUT2D eigenvalue weighted by Crippen LogP contribution is 2.19. The Bertz CT molecular complexity index is 583. The van der Waals surface area contributed by atoms with E-state index < -0.39 is 0 Å². The van der Waals surface area contributed by atoms with Gasteiger partial charge in [0.2, 0.25) is 11.8 Å². The smallest absolute Gasteiger partial charge is 0.253 e. The van der Waals surface area contributed by atoms with E-state index in [1.807, 2.05) is 0 Å². The van der Waals surface area contributed by atoms with Crippen LogP contribution in [0.5, 0.6) is 0 Å². The van der Waals surface area contributed by atoms with Crippen LogP contribution in [-0.2, 0) is 9.59 Å². The molecule has 1 aromatic carbocycles. The Morgan fingerprint density at radius 1 is 1.22 bits per heavy atom. The van der Waals surface area contributed by atoms with E-state index in [9.17, 15) is 14.4 Å². The van der Waals surface area contributed by atoms with Crippen molar-refractivity contribution in [1.29, 1.82) is 0 Å². The van der Waals surface area contributed by atoms with E-state index in [4.69, 9.17) is 0 Å². The monoisotopic (exact) mass is 317 g/mol. The van der Waals surface area contributed by atoms with Crippen LogP contribution in [0.15, 0.2) is 24.3 Å². The molecule has 0 aromatic heterocycles. The molecule has 1 saturated heterocycles. The Balaban J connectivity index is 2.02. The number of carbonyl (C=O) groups is 3. The average Bonchev–Trinajstić information content (AvgIpc) is 2.61. The van der Waals surface area contributed by atoms with Crippen molar-refractivity contribution in [2.75, 3.05) is 25.5 Å². The fourth-order valence-electron chi connectivity index (χ4n) is 2.71. The van der Waals surface area contributed by atoms with Gasteiger partial charge in [-0.25, -0.2) is 0 Å². The van der Waals surface area contributed by atoms with E-state index in [0.29, 0.717) is 30.8 Å². The minimum Gasteiger partial charge on any atom is -0.359 e. The Morgan fingerprint density at radius 2 is 1.91 bits per heavy atom. The summed E-state index contributed by atoms with van der Waals surface area (Å²) in [5.41, 5.74) is 1.24. The van der Waals surface area contributed by atoms with Crippen molar-refractivity contribution in [1.82, 2.24) is 10.2 Å². The maximum absolute atomic E-state index is 12.6. The molecule has 6 nitrogen and oxygen atoms in total. The summed E-state index contributed by atoms with van der Waals surface area (Å²) in [7, 11) is 1.62. The number of hydrogen-bond acceptors (Lipinski definition) is 3. The minimum absolute atomic E-state index is 0.0138. The Morgan fingerprint density at radius 3 is 2.52 bits per heavy atom. The zero-order valence-electron chi connectivity index (χ0n) is 13.6. The first kappa shape index (κ1) is 17.0. The summed E-state index contributed by atoms with van der Waals surface area (Å²) < 4.78 is 0. The Hall–Kier alpha value is -2.37. The first-order valence-corrected chi connectivity index (χ1v) is 7.96. The van der Waals surface area contributed by atoms with E-state index in [-0.39, 0.29) is 23.6 Å². The van der Waals surface area contributed by atoms with Gasteiger partial charge in [-0.15, -0.1) is 0 Å². The molecular formula is C17H23N3O3. The van der Waals surface area contributed by atoms with Crippen LogP contribution in [0.4, 0.5) is 5.69 Å². The van der Waals surface area contributed by atoms with Crippen LogP contribution in [0.25, 0.3) is 0 Å². The zero-order valence-corrected chi connectivity index (χ0v) is 13.6. The van der Waals surface area contributed by atoms with Gasteiger partial charge in [-0.2, -0.15) is 0 Å². The number of nitrogens with zero attached hydrogens (tertiary/aromatic N) is 1. The fraction of sp³-hybridized carbons (Fsp3) is 0.471. The van der Waals surface area contributed by atoms with Crippen molar-refractivity contribution < 1.29 is 14.4 Å². The first-order valence-electron chi connectivity index (χ1n) is 7.96. The van der Waals surface area contributed by atoms with Gasteiger partial charge >= 0.3 is 0 Å². The molecule has 6 heteroatoms. The van der Waals surface area contributed by atoms with Crippen molar-refractivity contribution in [2.24, 2.45) is 5.92 Å². The van der Waals surface area contributed by atoms with Crippen molar-refractivity contribution in [3.8, 4) is 0 Å². The summed E-state index contributed by atoms with van der Waals surface area (Å²) >= 11 is 0. The molecule has 1 fully saturated rings. The largest absolute Gasteiger partial charge is 0.359 e. The van der Waals surface area contributed by atoms with Gasteiger partial charge in [-0.1, -0.05) is 6.92 Å². The summed E-state index contributed by atoms with van der Waals surface area (Å²) in [5, 5.41) is 5.40. The lowest BCUT2D eigenvalue weighted by Crippen LogP contribution is -2.44. The third-order valence-corrected chi connectivity index (χ3v) is 4.06. The second-order valence-electron chi connectivity index (χ2n) is 5.68. The zero-order chi connectivity index (χ0) is 16.8. The molecule has 3 amide bonds. The highest BCUT2D eigenvalue weighted by Gasteiger charge is 2.28. The molecule has 0 radical (unpaired) electrons. The SMILES string of the molecule is CCC(=O)Nc1ccc(C(=O)N2CCCC(C(=O)NC)C2)cc1. The van der Waals surface area contributed by atoms with Gasteiger partial charge in [-0.3, -0.25) is 14.4 Å². The number of anilines is 1. The second-order valence-corrected chi connectivity index (χ2v) is 5.68. The molecule has 0 aliphatic carbocycles. The Labute approximate surface area is 136 Å². The normalized spacial score (nSPS) is 17.5. The molecule has 2 N–H and O–H groups in total. The van der Waals surface area contributed by atoms with Crippen LogP contribution in [0.3, 0.4) is 0 Å².